The van der Waals surface area contributed by atoms with Gasteiger partial charge in [0.25, 0.3) is 5.56 Å². The fraction of sp³-hybridized carbons (Fsp3) is 0.273. The fourth-order valence-electron chi connectivity index (χ4n) is 3.62. The zero-order valence-electron chi connectivity index (χ0n) is 17.2. The van der Waals surface area contributed by atoms with E-state index < -0.39 is 0 Å². The van der Waals surface area contributed by atoms with Crippen LogP contribution in [-0.2, 0) is 17.8 Å². The van der Waals surface area contributed by atoms with Crippen molar-refractivity contribution in [2.24, 2.45) is 0 Å². The van der Waals surface area contributed by atoms with E-state index in [1.54, 1.807) is 17.6 Å². The van der Waals surface area contributed by atoms with Gasteiger partial charge in [-0.05, 0) is 43.2 Å². The minimum atomic E-state index is -0.352. The highest BCUT2D eigenvalue weighted by molar-refractivity contribution is 5.93. The number of aromatic nitrogens is 4. The fourth-order valence-corrected chi connectivity index (χ4v) is 3.62. The lowest BCUT2D eigenvalue weighted by atomic mass is 10.2. The van der Waals surface area contributed by atoms with Crippen molar-refractivity contribution < 1.29 is 9.53 Å². The van der Waals surface area contributed by atoms with Gasteiger partial charge in [-0.15, -0.1) is 10.2 Å². The summed E-state index contributed by atoms with van der Waals surface area (Å²) in [5.41, 5.74) is 2.86. The Balaban J connectivity index is 1.78. The van der Waals surface area contributed by atoms with E-state index in [4.69, 9.17) is 4.74 Å². The minimum Gasteiger partial charge on any atom is -0.495 e. The normalized spacial score (nSPS) is 11.2. The molecule has 2 heterocycles. The highest BCUT2D eigenvalue weighted by Gasteiger charge is 2.18. The number of hydrogen-bond acceptors (Lipinski definition) is 5. The molecule has 0 bridgehead atoms. The van der Waals surface area contributed by atoms with Crippen molar-refractivity contribution in [3.63, 3.8) is 0 Å². The smallest absolute Gasteiger partial charge is 0.297 e. The minimum absolute atomic E-state index is 0.150. The van der Waals surface area contributed by atoms with Gasteiger partial charge in [-0.2, -0.15) is 0 Å². The molecule has 1 N–H and O–H groups in total. The molecule has 0 aliphatic heterocycles. The molecular weight excluding hydrogens is 382 g/mol. The number of fused-ring (bicyclic) bond motifs is 3. The third-order valence-corrected chi connectivity index (χ3v) is 4.98. The quantitative estimate of drug-likeness (QED) is 0.533. The molecule has 1 amide bonds. The monoisotopic (exact) mass is 405 g/mol. The van der Waals surface area contributed by atoms with Gasteiger partial charge < -0.3 is 10.1 Å². The number of aryl methyl sites for hydroxylation is 2. The molecule has 4 aromatic rings. The first-order valence-corrected chi connectivity index (χ1v) is 9.83. The van der Waals surface area contributed by atoms with Crippen molar-refractivity contribution in [3.05, 3.63) is 64.2 Å². The molecule has 4 rings (SSSR count). The van der Waals surface area contributed by atoms with Crippen molar-refractivity contribution >= 4 is 28.3 Å². The molecule has 0 radical (unpaired) electrons. The average molecular weight is 405 g/mol. The molecule has 154 valence electrons. The second-order valence-electron chi connectivity index (χ2n) is 7.16. The van der Waals surface area contributed by atoms with Crippen LogP contribution >= 0.6 is 0 Å². The molecule has 0 saturated carbocycles. The first-order valence-electron chi connectivity index (χ1n) is 9.83. The molecule has 0 aliphatic carbocycles. The molecule has 0 saturated heterocycles. The number of amides is 1. The Morgan fingerprint density at radius 3 is 2.63 bits per heavy atom. The average Bonchev–Trinajstić information content (AvgIpc) is 3.16. The third kappa shape index (κ3) is 3.41. The van der Waals surface area contributed by atoms with E-state index in [2.05, 4.69) is 15.5 Å². The van der Waals surface area contributed by atoms with Crippen LogP contribution in [0.2, 0.25) is 0 Å². The number of ether oxygens (including phenoxy) is 1. The predicted molar refractivity (Wildman–Crippen MR) is 115 cm³/mol. The number of carbonyl (C=O) groups is 1. The third-order valence-electron chi connectivity index (χ3n) is 4.98. The van der Waals surface area contributed by atoms with Crippen LogP contribution < -0.4 is 15.6 Å². The molecule has 0 atom stereocenters. The molecule has 0 spiro atoms. The van der Waals surface area contributed by atoms with Gasteiger partial charge in [0.05, 0.1) is 23.8 Å². The van der Waals surface area contributed by atoms with Gasteiger partial charge in [0, 0.05) is 6.42 Å². The number of para-hydroxylation sites is 2. The molecule has 8 heteroatoms. The Labute approximate surface area is 173 Å². The van der Waals surface area contributed by atoms with Crippen LogP contribution in [0.5, 0.6) is 5.75 Å². The maximum atomic E-state index is 13.2. The van der Waals surface area contributed by atoms with Crippen molar-refractivity contribution in [1.82, 2.24) is 19.2 Å². The zero-order chi connectivity index (χ0) is 21.3. The van der Waals surface area contributed by atoms with Gasteiger partial charge in [-0.3, -0.25) is 18.6 Å². The largest absolute Gasteiger partial charge is 0.495 e. The summed E-state index contributed by atoms with van der Waals surface area (Å²) in [5.74, 6) is 0.967. The van der Waals surface area contributed by atoms with Crippen molar-refractivity contribution in [1.29, 1.82) is 0 Å². The maximum absolute atomic E-state index is 13.2. The highest BCUT2D eigenvalue weighted by Crippen LogP contribution is 2.25. The number of hydrogen-bond donors (Lipinski definition) is 1. The molecule has 0 aliphatic rings. The van der Waals surface area contributed by atoms with E-state index in [0.717, 1.165) is 23.3 Å². The predicted octanol–water partition coefficient (Wildman–Crippen LogP) is 2.95. The second kappa shape index (κ2) is 7.98. The summed E-state index contributed by atoms with van der Waals surface area (Å²) in [6, 6.07) is 13.0. The summed E-state index contributed by atoms with van der Waals surface area (Å²) in [6.07, 6.45) is 1.60. The number of nitrogens with zero attached hydrogens (tertiary/aromatic N) is 4. The van der Waals surface area contributed by atoms with Crippen LogP contribution in [-0.4, -0.2) is 32.2 Å². The Morgan fingerprint density at radius 2 is 1.90 bits per heavy atom. The lowest BCUT2D eigenvalue weighted by Crippen LogP contribution is -2.29. The molecule has 0 unspecified atom stereocenters. The van der Waals surface area contributed by atoms with Gasteiger partial charge in [0.15, 0.2) is 0 Å². The molecule has 2 aromatic carbocycles. The number of benzene rings is 2. The Kier molecular flexibility index (Phi) is 5.22. The van der Waals surface area contributed by atoms with E-state index in [1.807, 2.05) is 50.2 Å². The van der Waals surface area contributed by atoms with Crippen LogP contribution in [0, 0.1) is 6.92 Å². The number of nitrogens with one attached hydrogen (secondary N) is 1. The maximum Gasteiger partial charge on any atom is 0.297 e. The Bertz CT molecular complexity index is 1310. The SMILES string of the molecule is CCCc1nnc2c(=O)n(CC(=O)Nc3cc(C)ccc3OC)c3ccccc3n12. The van der Waals surface area contributed by atoms with Crippen molar-refractivity contribution in [3.8, 4) is 5.75 Å². The van der Waals surface area contributed by atoms with E-state index in [9.17, 15) is 9.59 Å². The summed E-state index contributed by atoms with van der Waals surface area (Å²) in [7, 11) is 1.55. The van der Waals surface area contributed by atoms with Crippen LogP contribution in [0.15, 0.2) is 47.3 Å². The lowest BCUT2D eigenvalue weighted by molar-refractivity contribution is -0.116. The van der Waals surface area contributed by atoms with Crippen LogP contribution in [0.25, 0.3) is 16.7 Å². The standard InChI is InChI=1S/C22H23N5O3/c1-4-7-19-24-25-21-22(29)26(16-8-5-6-9-17(16)27(19)21)13-20(28)23-15-12-14(2)10-11-18(15)30-3/h5-6,8-12H,4,7,13H2,1-3H3,(H,23,28). The zero-order valence-corrected chi connectivity index (χ0v) is 17.2. The van der Waals surface area contributed by atoms with Crippen molar-refractivity contribution in [2.75, 3.05) is 12.4 Å². The molecule has 30 heavy (non-hydrogen) atoms. The van der Waals surface area contributed by atoms with E-state index >= 15 is 0 Å². The van der Waals surface area contributed by atoms with Crippen molar-refractivity contribution in [2.45, 2.75) is 33.2 Å². The summed E-state index contributed by atoms with van der Waals surface area (Å²) in [4.78, 5) is 26.0. The Hall–Kier alpha value is -3.68. The summed E-state index contributed by atoms with van der Waals surface area (Å²) >= 11 is 0. The first-order chi connectivity index (χ1) is 14.5. The highest BCUT2D eigenvalue weighted by atomic mass is 16.5. The van der Waals surface area contributed by atoms with Crippen LogP contribution in [0.1, 0.15) is 24.7 Å². The summed E-state index contributed by atoms with van der Waals surface area (Å²) in [5, 5.41) is 11.2. The topological polar surface area (TPSA) is 90.5 Å². The van der Waals surface area contributed by atoms with Gasteiger partial charge in [0.1, 0.15) is 18.1 Å². The number of rotatable bonds is 6. The van der Waals surface area contributed by atoms with Crippen LogP contribution in [0.4, 0.5) is 5.69 Å². The van der Waals surface area contributed by atoms with E-state index in [1.165, 1.54) is 4.57 Å². The molecular formula is C22H23N5O3. The van der Waals surface area contributed by atoms with Gasteiger partial charge in [-0.25, -0.2) is 0 Å². The van der Waals surface area contributed by atoms with E-state index in [-0.39, 0.29) is 23.7 Å². The van der Waals surface area contributed by atoms with Gasteiger partial charge in [-0.1, -0.05) is 25.1 Å². The summed E-state index contributed by atoms with van der Waals surface area (Å²) in [6.45, 7) is 3.83. The molecule has 8 nitrogen and oxygen atoms in total. The second-order valence-corrected chi connectivity index (χ2v) is 7.16. The summed E-state index contributed by atoms with van der Waals surface area (Å²) < 4.78 is 8.55. The lowest BCUT2D eigenvalue weighted by Gasteiger charge is -2.14. The van der Waals surface area contributed by atoms with E-state index in [0.29, 0.717) is 23.4 Å². The Morgan fingerprint density at radius 1 is 1.13 bits per heavy atom. The first kappa shape index (κ1) is 19.6. The molecule has 2 aromatic heterocycles. The number of carbonyl (C=O) groups excluding carboxylic acids is 1. The molecule has 0 fully saturated rings. The van der Waals surface area contributed by atoms with Crippen LogP contribution in [0.3, 0.4) is 0 Å². The van der Waals surface area contributed by atoms with Gasteiger partial charge >= 0.3 is 0 Å². The number of anilines is 1. The van der Waals surface area contributed by atoms with Gasteiger partial charge in [0.2, 0.25) is 11.6 Å². The number of methoxy groups -OCH3 is 1.